The molecule has 0 bridgehead atoms. The Labute approximate surface area is 135 Å². The fourth-order valence-electron chi connectivity index (χ4n) is 2.61. The number of nitrogens with zero attached hydrogens (tertiary/aromatic N) is 2. The number of sulfonamides is 1. The highest BCUT2D eigenvalue weighted by molar-refractivity contribution is 7.89. The van der Waals surface area contributed by atoms with Gasteiger partial charge < -0.3 is 10.5 Å². The lowest BCUT2D eigenvalue weighted by atomic mass is 10.1. The van der Waals surface area contributed by atoms with Crippen LogP contribution in [0.15, 0.2) is 0 Å². The molecule has 0 saturated heterocycles. The van der Waals surface area contributed by atoms with Crippen LogP contribution in [0.5, 0.6) is 0 Å². The number of nitriles is 1. The van der Waals surface area contributed by atoms with Gasteiger partial charge in [-0.15, -0.1) is 11.3 Å². The van der Waals surface area contributed by atoms with E-state index in [1.807, 2.05) is 13.8 Å². The maximum atomic E-state index is 12.6. The van der Waals surface area contributed by atoms with Crippen LogP contribution < -0.4 is 5.73 Å². The molecule has 22 heavy (non-hydrogen) atoms. The Bertz CT molecular complexity index is 689. The number of fused-ring (bicyclic) bond motifs is 1. The first-order valence-electron chi connectivity index (χ1n) is 7.10. The van der Waals surface area contributed by atoms with Crippen LogP contribution in [-0.2, 0) is 27.7 Å². The van der Waals surface area contributed by atoms with Crippen molar-refractivity contribution < 1.29 is 13.2 Å². The van der Waals surface area contributed by atoms with Gasteiger partial charge >= 0.3 is 0 Å². The molecule has 8 heteroatoms. The topological polar surface area (TPSA) is 96.4 Å². The molecule has 0 radical (unpaired) electrons. The van der Waals surface area contributed by atoms with E-state index in [-0.39, 0.29) is 17.8 Å². The van der Waals surface area contributed by atoms with E-state index in [1.54, 1.807) is 0 Å². The highest BCUT2D eigenvalue weighted by Gasteiger charge is 2.32. The predicted octanol–water partition coefficient (Wildman–Crippen LogP) is 1.56. The number of anilines is 1. The Morgan fingerprint density at radius 3 is 2.73 bits per heavy atom. The minimum atomic E-state index is -3.40. The summed E-state index contributed by atoms with van der Waals surface area (Å²) in [6.45, 7) is 4.56. The van der Waals surface area contributed by atoms with Crippen LogP contribution in [0.25, 0.3) is 0 Å². The molecular weight excluding hydrogens is 322 g/mol. The first-order valence-corrected chi connectivity index (χ1v) is 9.53. The molecule has 2 rings (SSSR count). The summed E-state index contributed by atoms with van der Waals surface area (Å²) in [4.78, 5) is 0.877. The van der Waals surface area contributed by atoms with Gasteiger partial charge in [0.15, 0.2) is 0 Å². The molecule has 0 aromatic carbocycles. The molecular formula is C14H21N3O3S2. The summed E-state index contributed by atoms with van der Waals surface area (Å²) in [6.07, 6.45) is 0.208. The summed E-state index contributed by atoms with van der Waals surface area (Å²) in [5, 5.41) is 9.60. The Balaban J connectivity index is 2.20. The minimum absolute atomic E-state index is 0.0253. The summed E-state index contributed by atoms with van der Waals surface area (Å²) in [5.74, 6) is 0.102. The van der Waals surface area contributed by atoms with Crippen LogP contribution in [0.3, 0.4) is 0 Å². The highest BCUT2D eigenvalue weighted by atomic mass is 32.2. The monoisotopic (exact) mass is 343 g/mol. The molecule has 0 spiro atoms. The summed E-state index contributed by atoms with van der Waals surface area (Å²) >= 11 is 1.31. The largest absolute Gasteiger partial charge is 0.389 e. The van der Waals surface area contributed by atoms with Gasteiger partial charge in [-0.2, -0.15) is 9.57 Å². The van der Waals surface area contributed by atoms with Crippen molar-refractivity contribution >= 4 is 26.4 Å². The highest BCUT2D eigenvalue weighted by Crippen LogP contribution is 2.35. The molecule has 122 valence electrons. The van der Waals surface area contributed by atoms with Gasteiger partial charge in [-0.05, 0) is 17.9 Å². The molecule has 0 fully saturated rings. The Morgan fingerprint density at radius 1 is 1.50 bits per heavy atom. The molecule has 0 saturated carbocycles. The maximum Gasteiger partial charge on any atom is 0.217 e. The van der Waals surface area contributed by atoms with Crippen LogP contribution >= 0.6 is 11.3 Å². The third-order valence-corrected chi connectivity index (χ3v) is 6.87. The van der Waals surface area contributed by atoms with E-state index in [9.17, 15) is 8.42 Å². The van der Waals surface area contributed by atoms with Crippen molar-refractivity contribution in [3.8, 4) is 6.07 Å². The van der Waals surface area contributed by atoms with E-state index < -0.39 is 10.0 Å². The van der Waals surface area contributed by atoms with E-state index in [0.29, 0.717) is 30.1 Å². The third-order valence-electron chi connectivity index (χ3n) is 3.98. The number of methoxy groups -OCH3 is 1. The smallest absolute Gasteiger partial charge is 0.217 e. The molecule has 1 aromatic heterocycles. The fraction of sp³-hybridized carbons (Fsp3) is 0.643. The Morgan fingerprint density at radius 2 is 2.18 bits per heavy atom. The van der Waals surface area contributed by atoms with E-state index in [4.69, 9.17) is 15.7 Å². The zero-order chi connectivity index (χ0) is 16.5. The number of nitrogens with two attached hydrogens (primary N) is 1. The summed E-state index contributed by atoms with van der Waals surface area (Å²) in [6, 6.07) is 2.11. The quantitative estimate of drug-likeness (QED) is 0.875. The molecule has 1 unspecified atom stereocenters. The zero-order valence-electron chi connectivity index (χ0n) is 13.0. The molecule has 1 atom stereocenters. The van der Waals surface area contributed by atoms with E-state index in [0.717, 1.165) is 10.4 Å². The molecule has 1 aliphatic heterocycles. The average Bonchev–Trinajstić information content (AvgIpc) is 2.78. The lowest BCUT2D eigenvalue weighted by Crippen LogP contribution is -2.41. The van der Waals surface area contributed by atoms with Gasteiger partial charge in [-0.25, -0.2) is 8.42 Å². The van der Waals surface area contributed by atoms with E-state index in [2.05, 4.69) is 6.07 Å². The predicted molar refractivity (Wildman–Crippen MR) is 87.0 cm³/mol. The number of hydrogen-bond donors (Lipinski definition) is 1. The number of thiophene rings is 1. The van der Waals surface area contributed by atoms with Gasteiger partial charge in [0.25, 0.3) is 0 Å². The minimum Gasteiger partial charge on any atom is -0.389 e. The van der Waals surface area contributed by atoms with Crippen molar-refractivity contribution in [2.45, 2.75) is 32.9 Å². The summed E-state index contributed by atoms with van der Waals surface area (Å²) < 4.78 is 31.9. The van der Waals surface area contributed by atoms with Crippen LogP contribution in [0.4, 0.5) is 5.00 Å². The second-order valence-electron chi connectivity index (χ2n) is 5.74. The molecule has 2 N–H and O–H groups in total. The van der Waals surface area contributed by atoms with Crippen LogP contribution in [0.2, 0.25) is 0 Å². The van der Waals surface area contributed by atoms with Gasteiger partial charge in [0.1, 0.15) is 11.1 Å². The van der Waals surface area contributed by atoms with Crippen LogP contribution in [-0.4, -0.2) is 38.2 Å². The zero-order valence-corrected chi connectivity index (χ0v) is 14.6. The standard InChI is InChI=1S/C14H21N3O3S2/c1-9(2)12(20-3)8-22(18,19)17-5-4-10-11(6-15)14(16)21-13(10)7-17/h9,12H,4-5,7-8,16H2,1-3H3. The van der Waals surface area contributed by atoms with Crippen molar-refractivity contribution in [3.63, 3.8) is 0 Å². The molecule has 2 heterocycles. The van der Waals surface area contributed by atoms with Crippen molar-refractivity contribution in [1.82, 2.24) is 4.31 Å². The van der Waals surface area contributed by atoms with Crippen LogP contribution in [0, 0.1) is 17.2 Å². The van der Waals surface area contributed by atoms with E-state index >= 15 is 0 Å². The van der Waals surface area contributed by atoms with Crippen molar-refractivity contribution in [2.24, 2.45) is 5.92 Å². The average molecular weight is 343 g/mol. The second kappa shape index (κ2) is 6.54. The molecule has 1 aliphatic rings. The third kappa shape index (κ3) is 3.27. The fourth-order valence-corrected chi connectivity index (χ4v) is 5.62. The van der Waals surface area contributed by atoms with E-state index in [1.165, 1.54) is 22.8 Å². The van der Waals surface area contributed by atoms with Gasteiger partial charge in [0.2, 0.25) is 10.0 Å². The second-order valence-corrected chi connectivity index (χ2v) is 8.89. The number of hydrogen-bond acceptors (Lipinski definition) is 6. The van der Waals surface area contributed by atoms with Gasteiger partial charge in [-0.1, -0.05) is 13.8 Å². The molecule has 6 nitrogen and oxygen atoms in total. The normalized spacial score (nSPS) is 17.2. The summed E-state index contributed by atoms with van der Waals surface area (Å²) in [5.41, 5.74) is 7.25. The van der Waals surface area contributed by atoms with Crippen LogP contribution in [0.1, 0.15) is 29.9 Å². The Kier molecular flexibility index (Phi) is 5.12. The SMILES string of the molecule is COC(CS(=O)(=O)N1CCc2c(sc(N)c2C#N)C1)C(C)C. The molecule has 0 amide bonds. The van der Waals surface area contributed by atoms with Crippen molar-refractivity contribution in [2.75, 3.05) is 25.1 Å². The number of nitrogen functional groups attached to an aromatic ring is 1. The lowest BCUT2D eigenvalue weighted by molar-refractivity contribution is 0.0817. The number of ether oxygens (including phenoxy) is 1. The van der Waals surface area contributed by atoms with Crippen molar-refractivity contribution in [1.29, 1.82) is 5.26 Å². The first kappa shape index (κ1) is 17.2. The molecule has 1 aromatic rings. The summed E-state index contributed by atoms with van der Waals surface area (Å²) in [7, 11) is -1.87. The molecule has 0 aliphatic carbocycles. The van der Waals surface area contributed by atoms with Crippen molar-refractivity contribution in [3.05, 3.63) is 16.0 Å². The van der Waals surface area contributed by atoms with Gasteiger partial charge in [0.05, 0.1) is 17.4 Å². The Hall–Kier alpha value is -1.14. The maximum absolute atomic E-state index is 12.6. The van der Waals surface area contributed by atoms with Gasteiger partial charge in [-0.3, -0.25) is 0 Å². The number of rotatable bonds is 5. The first-order chi connectivity index (χ1) is 10.3. The lowest BCUT2D eigenvalue weighted by Gasteiger charge is -2.28. The van der Waals surface area contributed by atoms with Gasteiger partial charge in [0, 0.05) is 25.1 Å².